The molecule has 1 amide bonds. The third-order valence-electron chi connectivity index (χ3n) is 2.71. The number of aryl methyl sites for hydroxylation is 1. The Balaban J connectivity index is 1.87. The molecule has 2 aromatic rings. The first-order chi connectivity index (χ1) is 9.63. The minimum Gasteiger partial charge on any atom is -0.484 e. The van der Waals surface area contributed by atoms with E-state index in [0.29, 0.717) is 12.3 Å². The molecule has 0 atom stereocenters. The van der Waals surface area contributed by atoms with Crippen molar-refractivity contribution in [3.05, 3.63) is 53.9 Å². The van der Waals surface area contributed by atoms with Crippen LogP contribution in [0.2, 0.25) is 0 Å². The molecule has 0 aliphatic rings. The number of hydrogen-bond donors (Lipinski definition) is 2. The molecule has 1 aromatic carbocycles. The van der Waals surface area contributed by atoms with E-state index in [-0.39, 0.29) is 6.61 Å². The maximum atomic E-state index is 10.6. The van der Waals surface area contributed by atoms with Crippen LogP contribution in [-0.4, -0.2) is 17.5 Å². The van der Waals surface area contributed by atoms with Crippen LogP contribution in [0.1, 0.15) is 11.3 Å². The molecular formula is C15H17N3O2. The molecule has 0 aliphatic carbocycles. The predicted octanol–water partition coefficient (Wildman–Crippen LogP) is 1.87. The van der Waals surface area contributed by atoms with Crippen molar-refractivity contribution < 1.29 is 9.53 Å². The Morgan fingerprint density at radius 3 is 2.60 bits per heavy atom. The normalized spacial score (nSPS) is 10.1. The fourth-order valence-corrected chi connectivity index (χ4v) is 1.63. The van der Waals surface area contributed by atoms with Crippen molar-refractivity contribution in [3.8, 4) is 5.75 Å². The number of primary amides is 1. The van der Waals surface area contributed by atoms with Crippen molar-refractivity contribution >= 4 is 11.6 Å². The van der Waals surface area contributed by atoms with Gasteiger partial charge < -0.3 is 15.8 Å². The Morgan fingerprint density at radius 2 is 2.00 bits per heavy atom. The first-order valence-electron chi connectivity index (χ1n) is 6.30. The number of nitrogens with two attached hydrogens (primary N) is 1. The van der Waals surface area contributed by atoms with Gasteiger partial charge in [-0.3, -0.25) is 9.78 Å². The third kappa shape index (κ3) is 4.28. The number of amides is 1. The van der Waals surface area contributed by atoms with E-state index in [0.717, 1.165) is 16.9 Å². The lowest BCUT2D eigenvalue weighted by atomic mass is 10.2. The molecule has 0 fully saturated rings. The summed E-state index contributed by atoms with van der Waals surface area (Å²) in [6, 6.07) is 11.5. The minimum absolute atomic E-state index is 0.105. The van der Waals surface area contributed by atoms with Crippen LogP contribution in [0.25, 0.3) is 0 Å². The van der Waals surface area contributed by atoms with Crippen LogP contribution in [0.3, 0.4) is 0 Å². The van der Waals surface area contributed by atoms with Crippen molar-refractivity contribution in [2.75, 3.05) is 11.9 Å². The zero-order valence-electron chi connectivity index (χ0n) is 11.3. The summed E-state index contributed by atoms with van der Waals surface area (Å²) in [6.45, 7) is 2.54. The van der Waals surface area contributed by atoms with Crippen LogP contribution < -0.4 is 15.8 Å². The van der Waals surface area contributed by atoms with Gasteiger partial charge in [0.25, 0.3) is 5.91 Å². The first-order valence-corrected chi connectivity index (χ1v) is 6.30. The zero-order valence-corrected chi connectivity index (χ0v) is 11.3. The molecule has 0 radical (unpaired) electrons. The number of nitrogens with one attached hydrogen (secondary N) is 1. The van der Waals surface area contributed by atoms with Gasteiger partial charge in [0.1, 0.15) is 5.75 Å². The fraction of sp³-hybridized carbons (Fsp3) is 0.200. The van der Waals surface area contributed by atoms with Crippen LogP contribution in [0.15, 0.2) is 42.6 Å². The van der Waals surface area contributed by atoms with Gasteiger partial charge in [-0.1, -0.05) is 12.1 Å². The molecular weight excluding hydrogens is 254 g/mol. The minimum atomic E-state index is -0.484. The van der Waals surface area contributed by atoms with E-state index in [1.807, 2.05) is 43.3 Å². The molecule has 104 valence electrons. The number of anilines is 1. The van der Waals surface area contributed by atoms with Gasteiger partial charge in [-0.05, 0) is 36.8 Å². The Bertz CT molecular complexity index is 565. The summed E-state index contributed by atoms with van der Waals surface area (Å²) in [5.74, 6) is 0.146. The van der Waals surface area contributed by atoms with Gasteiger partial charge in [-0.15, -0.1) is 0 Å². The molecule has 0 spiro atoms. The Hall–Kier alpha value is -2.56. The third-order valence-corrected chi connectivity index (χ3v) is 2.71. The summed E-state index contributed by atoms with van der Waals surface area (Å²) in [4.78, 5) is 14.8. The van der Waals surface area contributed by atoms with Crippen molar-refractivity contribution in [2.45, 2.75) is 13.5 Å². The first kappa shape index (κ1) is 13.9. The average Bonchev–Trinajstić information content (AvgIpc) is 2.45. The van der Waals surface area contributed by atoms with E-state index in [1.165, 1.54) is 0 Å². The Labute approximate surface area is 117 Å². The summed E-state index contributed by atoms with van der Waals surface area (Å²) in [6.07, 6.45) is 1.81. The highest BCUT2D eigenvalue weighted by Gasteiger charge is 1.99. The molecule has 0 aliphatic heterocycles. The summed E-state index contributed by atoms with van der Waals surface area (Å²) in [5.41, 5.74) is 8.09. The largest absolute Gasteiger partial charge is 0.484 e. The van der Waals surface area contributed by atoms with Gasteiger partial charge in [0.15, 0.2) is 6.61 Å². The highest BCUT2D eigenvalue weighted by molar-refractivity contribution is 5.75. The van der Waals surface area contributed by atoms with E-state index in [9.17, 15) is 4.79 Å². The second kappa shape index (κ2) is 6.56. The number of rotatable bonds is 6. The van der Waals surface area contributed by atoms with Crippen LogP contribution in [-0.2, 0) is 11.3 Å². The summed E-state index contributed by atoms with van der Waals surface area (Å²) in [7, 11) is 0. The van der Waals surface area contributed by atoms with Crippen molar-refractivity contribution in [2.24, 2.45) is 5.73 Å². The van der Waals surface area contributed by atoms with E-state index < -0.39 is 5.91 Å². The summed E-state index contributed by atoms with van der Waals surface area (Å²) in [5, 5.41) is 3.28. The maximum Gasteiger partial charge on any atom is 0.255 e. The van der Waals surface area contributed by atoms with Crippen molar-refractivity contribution in [3.63, 3.8) is 0 Å². The van der Waals surface area contributed by atoms with Crippen LogP contribution in [0, 0.1) is 6.92 Å². The topological polar surface area (TPSA) is 77.2 Å². The predicted molar refractivity (Wildman–Crippen MR) is 77.4 cm³/mol. The zero-order chi connectivity index (χ0) is 14.4. The van der Waals surface area contributed by atoms with Gasteiger partial charge in [-0.2, -0.15) is 0 Å². The monoisotopic (exact) mass is 271 g/mol. The van der Waals surface area contributed by atoms with E-state index >= 15 is 0 Å². The molecule has 0 unspecified atom stereocenters. The molecule has 0 saturated carbocycles. The Morgan fingerprint density at radius 1 is 1.25 bits per heavy atom. The van der Waals surface area contributed by atoms with E-state index in [2.05, 4.69) is 10.3 Å². The average molecular weight is 271 g/mol. The van der Waals surface area contributed by atoms with Gasteiger partial charge in [0.2, 0.25) is 0 Å². The molecule has 2 rings (SSSR count). The van der Waals surface area contributed by atoms with Crippen LogP contribution in [0.5, 0.6) is 5.75 Å². The lowest BCUT2D eigenvalue weighted by Gasteiger charge is -2.08. The quantitative estimate of drug-likeness (QED) is 0.840. The maximum absolute atomic E-state index is 10.6. The van der Waals surface area contributed by atoms with Crippen LogP contribution >= 0.6 is 0 Å². The van der Waals surface area contributed by atoms with Crippen molar-refractivity contribution in [1.82, 2.24) is 4.98 Å². The molecule has 20 heavy (non-hydrogen) atoms. The van der Waals surface area contributed by atoms with E-state index in [1.54, 1.807) is 6.20 Å². The second-order valence-electron chi connectivity index (χ2n) is 4.44. The number of benzene rings is 1. The Kier molecular flexibility index (Phi) is 4.55. The molecule has 0 saturated heterocycles. The van der Waals surface area contributed by atoms with E-state index in [4.69, 9.17) is 10.5 Å². The molecule has 1 aromatic heterocycles. The van der Waals surface area contributed by atoms with Gasteiger partial charge in [0, 0.05) is 12.2 Å². The second-order valence-corrected chi connectivity index (χ2v) is 4.44. The number of ether oxygens (including phenoxy) is 1. The lowest BCUT2D eigenvalue weighted by molar-refractivity contribution is -0.119. The smallest absolute Gasteiger partial charge is 0.255 e. The number of hydrogen-bond acceptors (Lipinski definition) is 4. The highest BCUT2D eigenvalue weighted by Crippen LogP contribution is 2.13. The van der Waals surface area contributed by atoms with Crippen molar-refractivity contribution in [1.29, 1.82) is 0 Å². The number of aromatic nitrogens is 1. The van der Waals surface area contributed by atoms with Gasteiger partial charge in [0.05, 0.1) is 11.9 Å². The number of carbonyl (C=O) groups excluding carboxylic acids is 1. The molecule has 5 nitrogen and oxygen atoms in total. The van der Waals surface area contributed by atoms with Gasteiger partial charge in [-0.25, -0.2) is 0 Å². The molecule has 5 heteroatoms. The van der Waals surface area contributed by atoms with Crippen LogP contribution in [0.4, 0.5) is 5.69 Å². The SMILES string of the molecule is Cc1ccc(NCc2ccc(OCC(N)=O)cc2)cn1. The standard InChI is InChI=1S/C15H17N3O2/c1-11-2-5-13(9-17-11)18-8-12-3-6-14(7-4-12)20-10-15(16)19/h2-7,9,18H,8,10H2,1H3,(H2,16,19). The molecule has 1 heterocycles. The lowest BCUT2D eigenvalue weighted by Crippen LogP contribution is -2.19. The summed E-state index contributed by atoms with van der Waals surface area (Å²) >= 11 is 0. The highest BCUT2D eigenvalue weighted by atomic mass is 16.5. The molecule has 0 bridgehead atoms. The number of pyridine rings is 1. The summed E-state index contributed by atoms with van der Waals surface area (Å²) < 4.78 is 5.19. The fourth-order valence-electron chi connectivity index (χ4n) is 1.63. The number of nitrogens with zero attached hydrogens (tertiary/aromatic N) is 1. The molecule has 3 N–H and O–H groups in total. The number of carbonyl (C=O) groups is 1. The van der Waals surface area contributed by atoms with Gasteiger partial charge >= 0.3 is 0 Å².